The van der Waals surface area contributed by atoms with Crippen molar-refractivity contribution in [3.8, 4) is 0 Å². The first-order valence-corrected chi connectivity index (χ1v) is 5.63. The average Bonchev–Trinajstić information content (AvgIpc) is 2.15. The van der Waals surface area contributed by atoms with Crippen molar-refractivity contribution in [2.24, 2.45) is 0 Å². The smallest absolute Gasteiger partial charge is 0.311 e. The molecule has 0 radical (unpaired) electrons. The molecule has 0 aliphatic carbocycles. The SMILES string of the molecule is CCOC(=O)Cc1cc(N)c(C(F)F)c(Br)n1. The number of nitrogens with two attached hydrogens (primary N) is 1. The van der Waals surface area contributed by atoms with Crippen molar-refractivity contribution in [1.29, 1.82) is 0 Å². The second-order valence-corrected chi connectivity index (χ2v) is 3.94. The van der Waals surface area contributed by atoms with Crippen molar-refractivity contribution < 1.29 is 18.3 Å². The van der Waals surface area contributed by atoms with Gasteiger partial charge in [-0.3, -0.25) is 4.79 Å². The Hall–Kier alpha value is -1.24. The van der Waals surface area contributed by atoms with Crippen molar-refractivity contribution in [2.45, 2.75) is 19.8 Å². The summed E-state index contributed by atoms with van der Waals surface area (Å²) in [6, 6.07) is 1.25. The van der Waals surface area contributed by atoms with Gasteiger partial charge in [0.25, 0.3) is 6.43 Å². The van der Waals surface area contributed by atoms with Crippen LogP contribution in [0.1, 0.15) is 24.6 Å². The molecule has 7 heteroatoms. The number of esters is 1. The lowest BCUT2D eigenvalue weighted by atomic mass is 10.2. The third-order valence-corrected chi connectivity index (χ3v) is 2.55. The highest BCUT2D eigenvalue weighted by Crippen LogP contribution is 2.31. The van der Waals surface area contributed by atoms with Crippen LogP contribution in [-0.2, 0) is 16.0 Å². The maximum absolute atomic E-state index is 12.6. The molecule has 2 N–H and O–H groups in total. The standard InChI is InChI=1S/C10H11BrF2N2O2/c1-2-17-7(16)4-5-3-6(14)8(10(12)13)9(11)15-5/h3,10H,2,4H2,1H3,(H2,14,15). The van der Waals surface area contributed by atoms with E-state index in [0.29, 0.717) is 0 Å². The first-order chi connectivity index (χ1) is 7.95. The summed E-state index contributed by atoms with van der Waals surface area (Å²) in [7, 11) is 0. The lowest BCUT2D eigenvalue weighted by molar-refractivity contribution is -0.142. The van der Waals surface area contributed by atoms with Crippen molar-refractivity contribution in [3.63, 3.8) is 0 Å². The Morgan fingerprint density at radius 2 is 2.29 bits per heavy atom. The summed E-state index contributed by atoms with van der Waals surface area (Å²) in [5.74, 6) is -0.476. The average molecular weight is 309 g/mol. The molecule has 0 amide bonds. The second-order valence-electron chi connectivity index (χ2n) is 3.19. The number of ether oxygens (including phenoxy) is 1. The molecule has 0 aliphatic heterocycles. The van der Waals surface area contributed by atoms with E-state index in [4.69, 9.17) is 10.5 Å². The summed E-state index contributed by atoms with van der Waals surface area (Å²) in [6.45, 7) is 1.93. The van der Waals surface area contributed by atoms with E-state index in [1.54, 1.807) is 6.92 Å². The van der Waals surface area contributed by atoms with Gasteiger partial charge in [-0.05, 0) is 28.9 Å². The number of rotatable bonds is 4. The van der Waals surface area contributed by atoms with Gasteiger partial charge in [0.2, 0.25) is 0 Å². The fraction of sp³-hybridized carbons (Fsp3) is 0.400. The molecular formula is C10H11BrF2N2O2. The number of hydrogen-bond donors (Lipinski definition) is 1. The Balaban J connectivity index is 2.94. The first-order valence-electron chi connectivity index (χ1n) is 4.84. The lowest BCUT2D eigenvalue weighted by Gasteiger charge is -2.09. The van der Waals surface area contributed by atoms with E-state index in [-0.39, 0.29) is 34.6 Å². The molecule has 94 valence electrons. The normalized spacial score (nSPS) is 10.6. The second kappa shape index (κ2) is 5.90. The molecule has 0 atom stereocenters. The maximum atomic E-state index is 12.6. The number of carbonyl (C=O) groups is 1. The van der Waals surface area contributed by atoms with Crippen LogP contribution in [0.5, 0.6) is 0 Å². The van der Waals surface area contributed by atoms with Gasteiger partial charge in [0, 0.05) is 5.69 Å². The summed E-state index contributed by atoms with van der Waals surface area (Å²) in [6.07, 6.45) is -2.81. The van der Waals surface area contributed by atoms with Gasteiger partial charge in [0.1, 0.15) is 4.60 Å². The minimum absolute atomic E-state index is 0.0493. The molecule has 0 bridgehead atoms. The monoisotopic (exact) mass is 308 g/mol. The van der Waals surface area contributed by atoms with Gasteiger partial charge in [-0.2, -0.15) is 0 Å². The molecule has 1 aromatic rings. The highest BCUT2D eigenvalue weighted by Gasteiger charge is 2.18. The van der Waals surface area contributed by atoms with Crippen LogP contribution in [0.25, 0.3) is 0 Å². The van der Waals surface area contributed by atoms with Crippen molar-refractivity contribution in [2.75, 3.05) is 12.3 Å². The zero-order valence-electron chi connectivity index (χ0n) is 9.04. The number of nitrogen functional groups attached to an aromatic ring is 1. The summed E-state index contributed by atoms with van der Waals surface area (Å²) < 4.78 is 29.8. The van der Waals surface area contributed by atoms with Gasteiger partial charge in [0.15, 0.2) is 0 Å². The molecule has 4 nitrogen and oxygen atoms in total. The third-order valence-electron chi connectivity index (χ3n) is 1.95. The third kappa shape index (κ3) is 3.62. The van der Waals surface area contributed by atoms with Gasteiger partial charge < -0.3 is 10.5 Å². The fourth-order valence-electron chi connectivity index (χ4n) is 1.26. The Kier molecular flexibility index (Phi) is 4.80. The van der Waals surface area contributed by atoms with E-state index in [2.05, 4.69) is 20.9 Å². The number of nitrogens with zero attached hydrogens (tertiary/aromatic N) is 1. The zero-order valence-corrected chi connectivity index (χ0v) is 10.6. The van der Waals surface area contributed by atoms with Crippen LogP contribution in [0.15, 0.2) is 10.7 Å². The number of alkyl halides is 2. The van der Waals surface area contributed by atoms with E-state index in [1.807, 2.05) is 0 Å². The summed E-state index contributed by atoms with van der Waals surface area (Å²) in [5, 5.41) is 0. The number of carbonyl (C=O) groups excluding carboxylic acids is 1. The molecule has 0 aliphatic rings. The molecule has 0 saturated carbocycles. The molecule has 0 unspecified atom stereocenters. The molecule has 17 heavy (non-hydrogen) atoms. The Morgan fingerprint density at radius 3 is 2.76 bits per heavy atom. The molecular weight excluding hydrogens is 298 g/mol. The molecule has 0 fully saturated rings. The number of anilines is 1. The molecule has 0 spiro atoms. The summed E-state index contributed by atoms with van der Waals surface area (Å²) in [5.41, 5.74) is 5.30. The van der Waals surface area contributed by atoms with Crippen LogP contribution >= 0.6 is 15.9 Å². The lowest BCUT2D eigenvalue weighted by Crippen LogP contribution is -2.10. The van der Waals surface area contributed by atoms with Gasteiger partial charge in [-0.25, -0.2) is 13.8 Å². The Morgan fingerprint density at radius 1 is 1.65 bits per heavy atom. The summed E-state index contributed by atoms with van der Waals surface area (Å²) in [4.78, 5) is 15.0. The molecule has 0 saturated heterocycles. The molecule has 1 aromatic heterocycles. The number of halogens is 3. The van der Waals surface area contributed by atoms with Gasteiger partial charge in [-0.1, -0.05) is 0 Å². The van der Waals surface area contributed by atoms with Crippen LogP contribution in [0, 0.1) is 0 Å². The number of aromatic nitrogens is 1. The molecule has 1 rings (SSSR count). The summed E-state index contributed by atoms with van der Waals surface area (Å²) >= 11 is 2.90. The van der Waals surface area contributed by atoms with E-state index in [1.165, 1.54) is 6.07 Å². The number of pyridine rings is 1. The largest absolute Gasteiger partial charge is 0.466 e. The first kappa shape index (κ1) is 13.8. The zero-order chi connectivity index (χ0) is 13.0. The molecule has 0 aromatic carbocycles. The number of hydrogen-bond acceptors (Lipinski definition) is 4. The highest BCUT2D eigenvalue weighted by molar-refractivity contribution is 9.10. The quantitative estimate of drug-likeness (QED) is 0.685. The fourth-order valence-corrected chi connectivity index (χ4v) is 1.89. The minimum Gasteiger partial charge on any atom is -0.466 e. The van der Waals surface area contributed by atoms with E-state index in [0.717, 1.165) is 0 Å². The highest BCUT2D eigenvalue weighted by atomic mass is 79.9. The van der Waals surface area contributed by atoms with Gasteiger partial charge in [0.05, 0.1) is 24.3 Å². The van der Waals surface area contributed by atoms with Crippen LogP contribution in [0.3, 0.4) is 0 Å². The maximum Gasteiger partial charge on any atom is 0.311 e. The van der Waals surface area contributed by atoms with Crippen LogP contribution in [0.2, 0.25) is 0 Å². The van der Waals surface area contributed by atoms with Crippen LogP contribution < -0.4 is 5.73 Å². The van der Waals surface area contributed by atoms with E-state index in [9.17, 15) is 13.6 Å². The van der Waals surface area contributed by atoms with Crippen molar-refractivity contribution in [3.05, 3.63) is 21.9 Å². The predicted molar refractivity (Wildman–Crippen MR) is 61.6 cm³/mol. The van der Waals surface area contributed by atoms with Crippen LogP contribution in [-0.4, -0.2) is 17.6 Å². The van der Waals surface area contributed by atoms with Gasteiger partial charge in [-0.15, -0.1) is 0 Å². The van der Waals surface area contributed by atoms with Gasteiger partial charge >= 0.3 is 5.97 Å². The minimum atomic E-state index is -2.71. The van der Waals surface area contributed by atoms with Crippen LogP contribution in [0.4, 0.5) is 14.5 Å². The predicted octanol–water partition coefficient (Wildman–Crippen LogP) is 2.47. The molecule has 1 heterocycles. The van der Waals surface area contributed by atoms with E-state index >= 15 is 0 Å². The van der Waals surface area contributed by atoms with Crippen molar-refractivity contribution in [1.82, 2.24) is 4.98 Å². The topological polar surface area (TPSA) is 65.2 Å². The van der Waals surface area contributed by atoms with Crippen molar-refractivity contribution >= 4 is 27.6 Å². The van der Waals surface area contributed by atoms with E-state index < -0.39 is 12.4 Å². The Labute approximate surface area is 105 Å². The Bertz CT molecular complexity index is 404.